The lowest BCUT2D eigenvalue weighted by Crippen LogP contribution is -2.34. The van der Waals surface area contributed by atoms with E-state index in [2.05, 4.69) is 9.88 Å². The summed E-state index contributed by atoms with van der Waals surface area (Å²) in [6, 6.07) is 3.39. The van der Waals surface area contributed by atoms with Crippen molar-refractivity contribution in [3.63, 3.8) is 0 Å². The highest BCUT2D eigenvalue weighted by Crippen LogP contribution is 2.21. The Hall–Kier alpha value is -1.64. The summed E-state index contributed by atoms with van der Waals surface area (Å²) in [4.78, 5) is 1.98. The van der Waals surface area contributed by atoms with Gasteiger partial charge in [0.05, 0.1) is 12.3 Å². The van der Waals surface area contributed by atoms with Gasteiger partial charge >= 0.3 is 0 Å². The molecule has 1 atom stereocenters. The molecule has 2 heterocycles. The van der Waals surface area contributed by atoms with Crippen molar-refractivity contribution in [3.8, 4) is 0 Å². The minimum Gasteiger partial charge on any atom is -0.468 e. The van der Waals surface area contributed by atoms with E-state index in [1.807, 2.05) is 25.1 Å². The maximum atomic E-state index is 12.4. The molecule has 0 amide bonds. The summed E-state index contributed by atoms with van der Waals surface area (Å²) in [6.45, 7) is 3.36. The molecule has 7 nitrogen and oxygen atoms in total. The van der Waals surface area contributed by atoms with Crippen LogP contribution in [0.5, 0.6) is 0 Å². The molecular weight excluding hydrogens is 294 g/mol. The minimum atomic E-state index is -3.67. The molecule has 0 aliphatic carbocycles. The lowest BCUT2D eigenvalue weighted by Gasteiger charge is -2.22. The first-order valence-corrected chi connectivity index (χ1v) is 7.93. The van der Waals surface area contributed by atoms with Gasteiger partial charge in [0.25, 0.3) is 0 Å². The van der Waals surface area contributed by atoms with Crippen molar-refractivity contribution in [2.75, 3.05) is 20.6 Å². The molecule has 2 rings (SSSR count). The van der Waals surface area contributed by atoms with Crippen LogP contribution < -0.4 is 4.72 Å². The van der Waals surface area contributed by atoms with E-state index in [0.29, 0.717) is 11.5 Å². The van der Waals surface area contributed by atoms with E-state index >= 15 is 0 Å². The zero-order chi connectivity index (χ0) is 15.6. The molecule has 116 valence electrons. The van der Waals surface area contributed by atoms with Crippen molar-refractivity contribution in [3.05, 3.63) is 35.6 Å². The van der Waals surface area contributed by atoms with Gasteiger partial charge in [-0.1, -0.05) is 5.16 Å². The molecule has 0 unspecified atom stereocenters. The van der Waals surface area contributed by atoms with Gasteiger partial charge in [-0.05, 0) is 40.1 Å². The third-order valence-electron chi connectivity index (χ3n) is 3.20. The van der Waals surface area contributed by atoms with Crippen molar-refractivity contribution in [2.45, 2.75) is 24.8 Å². The highest BCUT2D eigenvalue weighted by Gasteiger charge is 2.26. The van der Waals surface area contributed by atoms with Crippen molar-refractivity contribution in [1.82, 2.24) is 14.8 Å². The Labute approximate surface area is 124 Å². The van der Waals surface area contributed by atoms with Gasteiger partial charge in [-0.3, -0.25) is 4.90 Å². The fourth-order valence-corrected chi connectivity index (χ4v) is 3.50. The summed E-state index contributed by atoms with van der Waals surface area (Å²) in [5.41, 5.74) is 0.347. The van der Waals surface area contributed by atoms with Crippen LogP contribution in [-0.2, 0) is 10.0 Å². The van der Waals surface area contributed by atoms with Crippen LogP contribution in [0.4, 0.5) is 0 Å². The quantitative estimate of drug-likeness (QED) is 0.868. The van der Waals surface area contributed by atoms with Crippen LogP contribution in [0.1, 0.15) is 23.3 Å². The normalized spacial score (nSPS) is 13.8. The molecule has 8 heteroatoms. The van der Waals surface area contributed by atoms with E-state index < -0.39 is 10.0 Å². The van der Waals surface area contributed by atoms with Gasteiger partial charge in [-0.25, -0.2) is 13.1 Å². The molecule has 21 heavy (non-hydrogen) atoms. The number of hydrogen-bond acceptors (Lipinski definition) is 6. The monoisotopic (exact) mass is 313 g/mol. The number of sulfonamides is 1. The number of likely N-dealkylation sites (N-methyl/N-ethyl adjacent to an activating group) is 1. The Morgan fingerprint density at radius 3 is 2.57 bits per heavy atom. The van der Waals surface area contributed by atoms with E-state index in [1.54, 1.807) is 26.2 Å². The van der Waals surface area contributed by atoms with E-state index in [9.17, 15) is 8.42 Å². The maximum absolute atomic E-state index is 12.4. The molecular formula is C13H19N3O4S. The smallest absolute Gasteiger partial charge is 0.246 e. The summed E-state index contributed by atoms with van der Waals surface area (Å²) in [5.74, 6) is 0.973. The van der Waals surface area contributed by atoms with Gasteiger partial charge in [0.2, 0.25) is 10.0 Å². The van der Waals surface area contributed by atoms with Crippen LogP contribution in [0.3, 0.4) is 0 Å². The number of aryl methyl sites for hydroxylation is 2. The molecule has 0 spiro atoms. The highest BCUT2D eigenvalue weighted by atomic mass is 32.2. The van der Waals surface area contributed by atoms with Crippen LogP contribution in [0.2, 0.25) is 0 Å². The molecule has 1 N–H and O–H groups in total. The zero-order valence-corrected chi connectivity index (χ0v) is 13.3. The van der Waals surface area contributed by atoms with Gasteiger partial charge in [0.15, 0.2) is 5.76 Å². The number of nitrogens with one attached hydrogen (secondary N) is 1. The zero-order valence-electron chi connectivity index (χ0n) is 12.5. The van der Waals surface area contributed by atoms with E-state index in [4.69, 9.17) is 8.94 Å². The lowest BCUT2D eigenvalue weighted by atomic mass is 10.2. The maximum Gasteiger partial charge on any atom is 0.246 e. The first-order chi connectivity index (χ1) is 9.83. The van der Waals surface area contributed by atoms with E-state index in [-0.39, 0.29) is 23.2 Å². The third kappa shape index (κ3) is 3.34. The first-order valence-electron chi connectivity index (χ1n) is 6.45. The van der Waals surface area contributed by atoms with Crippen LogP contribution in [0, 0.1) is 13.8 Å². The van der Waals surface area contributed by atoms with E-state index in [0.717, 1.165) is 0 Å². The van der Waals surface area contributed by atoms with Gasteiger partial charge < -0.3 is 8.94 Å². The summed E-state index contributed by atoms with van der Waals surface area (Å²) >= 11 is 0. The SMILES string of the molecule is Cc1noc(C)c1S(=O)(=O)NC[C@@H](c1ccco1)N(C)C. The van der Waals surface area contributed by atoms with Crippen molar-refractivity contribution < 1.29 is 17.4 Å². The second-order valence-corrected chi connectivity index (χ2v) is 6.70. The molecule has 0 saturated heterocycles. The molecule has 0 radical (unpaired) electrons. The average Bonchev–Trinajstić information content (AvgIpc) is 2.99. The van der Waals surface area contributed by atoms with Crippen LogP contribution in [-0.4, -0.2) is 39.1 Å². The molecule has 0 aromatic carbocycles. The van der Waals surface area contributed by atoms with Gasteiger partial charge in [-0.15, -0.1) is 0 Å². The van der Waals surface area contributed by atoms with E-state index in [1.165, 1.54) is 0 Å². The predicted molar refractivity (Wildman–Crippen MR) is 76.3 cm³/mol. The Balaban J connectivity index is 2.18. The van der Waals surface area contributed by atoms with Crippen molar-refractivity contribution >= 4 is 10.0 Å². The topological polar surface area (TPSA) is 88.6 Å². The summed E-state index contributed by atoms with van der Waals surface area (Å²) < 4.78 is 37.6. The van der Waals surface area contributed by atoms with Gasteiger partial charge in [0, 0.05) is 6.54 Å². The van der Waals surface area contributed by atoms with Gasteiger partial charge in [0.1, 0.15) is 16.3 Å². The average molecular weight is 313 g/mol. The van der Waals surface area contributed by atoms with Crippen molar-refractivity contribution in [1.29, 1.82) is 0 Å². The summed E-state index contributed by atoms with van der Waals surface area (Å²) in [6.07, 6.45) is 1.56. The molecule has 0 bridgehead atoms. The minimum absolute atomic E-state index is 0.0967. The summed E-state index contributed by atoms with van der Waals surface area (Å²) in [7, 11) is 0.0445. The number of rotatable bonds is 6. The fraction of sp³-hybridized carbons (Fsp3) is 0.462. The first kappa shape index (κ1) is 15.7. The molecule has 0 aliphatic rings. The number of hydrogen-bond donors (Lipinski definition) is 1. The van der Waals surface area contributed by atoms with Crippen molar-refractivity contribution in [2.24, 2.45) is 0 Å². The Bertz CT molecular complexity index is 670. The number of furan rings is 1. The molecule has 0 saturated carbocycles. The predicted octanol–water partition coefficient (Wildman–Crippen LogP) is 1.47. The fourth-order valence-electron chi connectivity index (χ4n) is 2.14. The van der Waals surface area contributed by atoms with Crippen LogP contribution in [0.25, 0.3) is 0 Å². The molecule has 2 aromatic heterocycles. The van der Waals surface area contributed by atoms with Crippen LogP contribution >= 0.6 is 0 Å². The molecule has 0 aliphatic heterocycles. The Kier molecular flexibility index (Phi) is 4.50. The standard InChI is InChI=1S/C13H19N3O4S/c1-9-13(10(2)20-15-9)21(17,18)14-8-11(16(3)4)12-6-5-7-19-12/h5-7,11,14H,8H2,1-4H3/t11-/m0/s1. The van der Waals surface area contributed by atoms with Gasteiger partial charge in [-0.2, -0.15) is 0 Å². The Morgan fingerprint density at radius 2 is 2.10 bits per heavy atom. The number of aromatic nitrogens is 1. The second-order valence-electron chi connectivity index (χ2n) is 5.00. The lowest BCUT2D eigenvalue weighted by molar-refractivity contribution is 0.259. The van der Waals surface area contributed by atoms with Crippen LogP contribution in [0.15, 0.2) is 32.2 Å². The summed E-state index contributed by atoms with van der Waals surface area (Å²) in [5, 5.41) is 3.67. The largest absolute Gasteiger partial charge is 0.468 e. The third-order valence-corrected chi connectivity index (χ3v) is 4.87. The second kappa shape index (κ2) is 6.00. The highest BCUT2D eigenvalue weighted by molar-refractivity contribution is 7.89. The Morgan fingerprint density at radius 1 is 1.38 bits per heavy atom. The number of nitrogens with zero attached hydrogens (tertiary/aromatic N) is 2. The molecule has 0 fully saturated rings. The molecule has 2 aromatic rings.